The first-order chi connectivity index (χ1) is 9.61. The van der Waals surface area contributed by atoms with Crippen LogP contribution in [0.25, 0.3) is 0 Å². The molecule has 1 aromatic heterocycles. The lowest BCUT2D eigenvalue weighted by Crippen LogP contribution is -2.46. The van der Waals surface area contributed by atoms with Gasteiger partial charge in [0, 0.05) is 0 Å². The second-order valence-corrected chi connectivity index (χ2v) is 5.42. The Hall–Kier alpha value is -1.75. The lowest BCUT2D eigenvalue weighted by molar-refractivity contribution is -0.138. The molecule has 0 fully saturated rings. The van der Waals surface area contributed by atoms with Crippen LogP contribution in [0.1, 0.15) is 18.9 Å². The van der Waals surface area contributed by atoms with Crippen molar-refractivity contribution in [2.75, 3.05) is 11.9 Å². The Balaban J connectivity index is 2.48. The summed E-state index contributed by atoms with van der Waals surface area (Å²) in [6, 6.07) is -0.767. The van der Waals surface area contributed by atoms with Gasteiger partial charge in [0.2, 0.25) is 22.0 Å². The van der Waals surface area contributed by atoms with E-state index in [0.717, 1.165) is 0 Å². The average Bonchev–Trinajstić information content (AvgIpc) is 2.83. The average molecular weight is 325 g/mol. The number of alkyl halides is 3. The number of nitrogens with two attached hydrogens (primary N) is 1. The molecule has 21 heavy (non-hydrogen) atoms. The molecule has 0 aliphatic rings. The number of nitrogens with zero attached hydrogens (tertiary/aromatic N) is 2. The summed E-state index contributed by atoms with van der Waals surface area (Å²) in [5.74, 6) is -1.34. The van der Waals surface area contributed by atoms with Crippen molar-refractivity contribution in [3.05, 3.63) is 5.01 Å². The predicted octanol–water partition coefficient (Wildman–Crippen LogP) is 0.595. The van der Waals surface area contributed by atoms with Crippen molar-refractivity contribution >= 4 is 28.3 Å². The van der Waals surface area contributed by atoms with Crippen molar-refractivity contribution in [2.45, 2.75) is 26.1 Å². The van der Waals surface area contributed by atoms with E-state index in [9.17, 15) is 22.8 Å². The number of anilines is 1. The minimum atomic E-state index is -4.61. The Morgan fingerprint density at radius 3 is 2.43 bits per heavy atom. The van der Waals surface area contributed by atoms with Crippen molar-refractivity contribution in [3.8, 4) is 0 Å². The summed E-state index contributed by atoms with van der Waals surface area (Å²) >= 11 is 0.197. The van der Waals surface area contributed by atoms with E-state index in [1.165, 1.54) is 0 Å². The Kier molecular flexibility index (Phi) is 5.61. The van der Waals surface area contributed by atoms with Gasteiger partial charge in [0.15, 0.2) is 0 Å². The van der Waals surface area contributed by atoms with E-state index < -0.39 is 35.6 Å². The molecule has 7 nitrogen and oxygen atoms in total. The maximum absolute atomic E-state index is 12.3. The van der Waals surface area contributed by atoms with Gasteiger partial charge in [-0.15, -0.1) is 10.2 Å². The van der Waals surface area contributed by atoms with E-state index in [1.807, 2.05) is 0 Å². The summed E-state index contributed by atoms with van der Waals surface area (Å²) in [4.78, 5) is 22.9. The molecule has 1 rings (SSSR count). The summed E-state index contributed by atoms with van der Waals surface area (Å²) in [5.41, 5.74) is 5.56. The number of carbonyl (C=O) groups is 2. The van der Waals surface area contributed by atoms with Gasteiger partial charge in [-0.2, -0.15) is 13.2 Å². The van der Waals surface area contributed by atoms with E-state index in [-0.39, 0.29) is 22.4 Å². The fourth-order valence-corrected chi connectivity index (χ4v) is 1.77. The quantitative estimate of drug-likeness (QED) is 0.734. The van der Waals surface area contributed by atoms with Crippen LogP contribution in [-0.4, -0.2) is 34.6 Å². The zero-order valence-corrected chi connectivity index (χ0v) is 12.0. The molecule has 2 amide bonds. The fourth-order valence-electron chi connectivity index (χ4n) is 1.14. The zero-order valence-electron chi connectivity index (χ0n) is 11.2. The van der Waals surface area contributed by atoms with Crippen LogP contribution in [0.5, 0.6) is 0 Å². The number of hydrogen-bond acceptors (Lipinski definition) is 6. The molecule has 118 valence electrons. The fraction of sp³-hybridized carbons (Fsp3) is 0.600. The topological polar surface area (TPSA) is 110 Å². The lowest BCUT2D eigenvalue weighted by atomic mass is 10.1. The van der Waals surface area contributed by atoms with Gasteiger partial charge < -0.3 is 11.1 Å². The van der Waals surface area contributed by atoms with Gasteiger partial charge in [0.05, 0.1) is 12.6 Å². The first-order valence-corrected chi connectivity index (χ1v) is 6.66. The van der Waals surface area contributed by atoms with E-state index in [0.29, 0.717) is 0 Å². The van der Waals surface area contributed by atoms with Gasteiger partial charge in [-0.3, -0.25) is 14.9 Å². The van der Waals surface area contributed by atoms with Gasteiger partial charge in [-0.1, -0.05) is 25.2 Å². The highest BCUT2D eigenvalue weighted by Gasteiger charge is 2.35. The van der Waals surface area contributed by atoms with Crippen molar-refractivity contribution in [2.24, 2.45) is 11.7 Å². The molecule has 1 heterocycles. The van der Waals surface area contributed by atoms with Crippen molar-refractivity contribution < 1.29 is 22.8 Å². The smallest absolute Gasteiger partial charge is 0.346 e. The van der Waals surface area contributed by atoms with Gasteiger partial charge >= 0.3 is 6.18 Å². The van der Waals surface area contributed by atoms with Crippen LogP contribution >= 0.6 is 11.3 Å². The maximum Gasteiger partial charge on any atom is 0.445 e. The Morgan fingerprint density at radius 1 is 1.33 bits per heavy atom. The molecule has 0 unspecified atom stereocenters. The highest BCUT2D eigenvalue weighted by molar-refractivity contribution is 7.15. The number of amides is 2. The highest BCUT2D eigenvalue weighted by atomic mass is 32.1. The molecule has 0 aromatic carbocycles. The van der Waals surface area contributed by atoms with E-state index in [4.69, 9.17) is 5.73 Å². The molecule has 4 N–H and O–H groups in total. The minimum Gasteiger partial charge on any atom is -0.346 e. The van der Waals surface area contributed by atoms with E-state index in [1.54, 1.807) is 13.8 Å². The number of nitrogens with one attached hydrogen (secondary N) is 2. The molecule has 1 aromatic rings. The SMILES string of the molecule is CC(C)[C@H](N)C(=O)NCC(=O)Nc1nnc(C(F)(F)F)s1. The monoisotopic (exact) mass is 325 g/mol. The van der Waals surface area contributed by atoms with Crippen molar-refractivity contribution in [1.29, 1.82) is 0 Å². The zero-order chi connectivity index (χ0) is 16.2. The second-order valence-electron chi connectivity index (χ2n) is 4.45. The molecule has 0 aliphatic heterocycles. The van der Waals surface area contributed by atoms with Crippen LogP contribution in [0, 0.1) is 5.92 Å². The Morgan fingerprint density at radius 2 is 1.95 bits per heavy atom. The number of aromatic nitrogens is 2. The molecular weight excluding hydrogens is 311 g/mol. The molecule has 0 spiro atoms. The van der Waals surface area contributed by atoms with Gasteiger partial charge in [-0.05, 0) is 5.92 Å². The summed E-state index contributed by atoms with van der Waals surface area (Å²) in [5, 5.41) is 9.03. The molecule has 0 saturated carbocycles. The Bertz CT molecular complexity index is 517. The summed E-state index contributed by atoms with van der Waals surface area (Å²) in [6.45, 7) is 3.06. The third-order valence-electron chi connectivity index (χ3n) is 2.36. The van der Waals surface area contributed by atoms with Gasteiger partial charge in [0.25, 0.3) is 0 Å². The number of hydrogen-bond donors (Lipinski definition) is 3. The summed E-state index contributed by atoms with van der Waals surface area (Å²) < 4.78 is 36.8. The standard InChI is InChI=1S/C10H14F3N5O2S/c1-4(2)6(14)7(20)15-3-5(19)16-9-18-17-8(21-9)10(11,12)13/h4,6H,3,14H2,1-2H3,(H,15,20)(H,16,18,19)/t6-/m0/s1. The van der Waals surface area contributed by atoms with Crippen LogP contribution in [0.4, 0.5) is 18.3 Å². The van der Waals surface area contributed by atoms with Crippen LogP contribution in [-0.2, 0) is 15.8 Å². The van der Waals surface area contributed by atoms with Gasteiger partial charge in [-0.25, -0.2) is 0 Å². The first kappa shape index (κ1) is 17.3. The van der Waals surface area contributed by atoms with Crippen LogP contribution in [0.15, 0.2) is 0 Å². The first-order valence-electron chi connectivity index (χ1n) is 5.85. The van der Waals surface area contributed by atoms with Crippen LogP contribution in [0.3, 0.4) is 0 Å². The van der Waals surface area contributed by atoms with Crippen molar-refractivity contribution in [3.63, 3.8) is 0 Å². The molecule has 0 bridgehead atoms. The largest absolute Gasteiger partial charge is 0.445 e. The highest BCUT2D eigenvalue weighted by Crippen LogP contribution is 2.32. The maximum atomic E-state index is 12.3. The predicted molar refractivity (Wildman–Crippen MR) is 69.4 cm³/mol. The third-order valence-corrected chi connectivity index (χ3v) is 3.24. The number of rotatable bonds is 5. The molecule has 0 radical (unpaired) electrons. The van der Waals surface area contributed by atoms with Gasteiger partial charge in [0.1, 0.15) is 0 Å². The molecule has 11 heteroatoms. The molecular formula is C10H14F3N5O2S. The Labute approximate surface area is 122 Å². The van der Waals surface area contributed by atoms with Crippen LogP contribution < -0.4 is 16.4 Å². The van der Waals surface area contributed by atoms with E-state index >= 15 is 0 Å². The lowest BCUT2D eigenvalue weighted by Gasteiger charge is -2.14. The number of carbonyl (C=O) groups excluding carboxylic acids is 2. The summed E-state index contributed by atoms with van der Waals surface area (Å²) in [7, 11) is 0. The molecule has 0 aliphatic carbocycles. The minimum absolute atomic E-state index is 0.106. The van der Waals surface area contributed by atoms with Crippen molar-refractivity contribution in [1.82, 2.24) is 15.5 Å². The molecule has 0 saturated heterocycles. The molecule has 1 atom stereocenters. The van der Waals surface area contributed by atoms with Crippen LogP contribution in [0.2, 0.25) is 0 Å². The third kappa shape index (κ3) is 5.27. The van der Waals surface area contributed by atoms with E-state index in [2.05, 4.69) is 20.8 Å². The normalized spacial score (nSPS) is 13.1. The second kappa shape index (κ2) is 6.80. The summed E-state index contributed by atoms with van der Waals surface area (Å²) in [6.07, 6.45) is -4.61. The number of halogens is 3.